The van der Waals surface area contributed by atoms with Gasteiger partial charge in [0.1, 0.15) is 11.3 Å². The fourth-order valence-corrected chi connectivity index (χ4v) is 2.64. The van der Waals surface area contributed by atoms with Gasteiger partial charge in [0.05, 0.1) is 5.94 Å². The van der Waals surface area contributed by atoms with Gasteiger partial charge in [-0.25, -0.2) is 4.79 Å². The van der Waals surface area contributed by atoms with Crippen molar-refractivity contribution in [2.75, 3.05) is 6.79 Å². The molecule has 2 rings (SSSR count). The molecule has 0 unspecified atom stereocenters. The van der Waals surface area contributed by atoms with E-state index in [2.05, 4.69) is 5.32 Å². The summed E-state index contributed by atoms with van der Waals surface area (Å²) in [4.78, 5) is 35.3. The van der Waals surface area contributed by atoms with Gasteiger partial charge in [0.2, 0.25) is 12.7 Å². The Kier molecular flexibility index (Phi) is 7.66. The highest BCUT2D eigenvalue weighted by atomic mass is 16.7. The quantitative estimate of drug-likeness (QED) is 0.400. The van der Waals surface area contributed by atoms with Gasteiger partial charge < -0.3 is 24.5 Å². The Morgan fingerprint density at radius 1 is 1.30 bits per heavy atom. The Hall–Kier alpha value is -2.55. The first-order valence-electron chi connectivity index (χ1n) is 9.05. The lowest BCUT2D eigenvalue weighted by atomic mass is 9.72. The summed E-state index contributed by atoms with van der Waals surface area (Å²) in [6, 6.07) is 4.90. The third kappa shape index (κ3) is 5.72. The number of amides is 1. The highest BCUT2D eigenvalue weighted by Gasteiger charge is 2.37. The number of unbranched alkanes of at least 4 members (excludes halogenated alkanes) is 1. The molecule has 1 aromatic rings. The lowest BCUT2D eigenvalue weighted by Gasteiger charge is -2.29. The summed E-state index contributed by atoms with van der Waals surface area (Å²) < 4.78 is 15.3. The minimum Gasteiger partial charge on any atom is -0.534 e. The molecule has 2 N–H and O–H groups in total. The first-order chi connectivity index (χ1) is 13.0. The zero-order valence-electron chi connectivity index (χ0n) is 15.5. The highest BCUT2D eigenvalue weighted by Crippen LogP contribution is 2.30. The zero-order valence-corrected chi connectivity index (χ0v) is 15.5. The van der Waals surface area contributed by atoms with Crippen LogP contribution in [-0.4, -0.2) is 42.7 Å². The smallest absolute Gasteiger partial charge is 0.534 e. The van der Waals surface area contributed by atoms with Crippen molar-refractivity contribution in [1.29, 1.82) is 0 Å². The maximum atomic E-state index is 12.3. The molecule has 1 amide bonds. The predicted molar refractivity (Wildman–Crippen MR) is 96.9 cm³/mol. The largest absolute Gasteiger partial charge is 0.547 e. The van der Waals surface area contributed by atoms with E-state index in [0.29, 0.717) is 24.8 Å². The van der Waals surface area contributed by atoms with Crippen LogP contribution in [0.4, 0.5) is 0 Å². The van der Waals surface area contributed by atoms with Gasteiger partial charge in [-0.15, -0.1) is 0 Å². The van der Waals surface area contributed by atoms with Gasteiger partial charge in [0.15, 0.2) is 0 Å². The maximum absolute atomic E-state index is 12.3. The molecule has 0 bridgehead atoms. The van der Waals surface area contributed by atoms with E-state index in [1.165, 1.54) is 6.07 Å². The van der Waals surface area contributed by atoms with Crippen LogP contribution in [0, 0.1) is 0 Å². The first kappa shape index (κ1) is 20.8. The van der Waals surface area contributed by atoms with E-state index in [4.69, 9.17) is 14.1 Å². The third-order valence-corrected chi connectivity index (χ3v) is 4.15. The number of hydrogen-bond donors (Lipinski definition) is 2. The molecule has 1 aliphatic rings. The number of ether oxygens (including phenoxy) is 2. The van der Waals surface area contributed by atoms with Crippen molar-refractivity contribution in [2.24, 2.45) is 0 Å². The molecule has 146 valence electrons. The second kappa shape index (κ2) is 9.96. The lowest BCUT2D eigenvalue weighted by molar-refractivity contribution is -0.152. The normalized spacial score (nSPS) is 15.4. The van der Waals surface area contributed by atoms with Crippen LogP contribution >= 0.6 is 0 Å². The first-order valence-corrected chi connectivity index (χ1v) is 9.05. The SMILES string of the molecule is CCCCC(=O)OCOC(=O)c1cccc2c1OB(O)[C@@H](NC(=O)CC)C2. The van der Waals surface area contributed by atoms with Crippen LogP contribution in [0.3, 0.4) is 0 Å². The van der Waals surface area contributed by atoms with Gasteiger partial charge in [-0.1, -0.05) is 32.4 Å². The average molecular weight is 377 g/mol. The summed E-state index contributed by atoms with van der Waals surface area (Å²) in [6.07, 6.45) is 2.45. The van der Waals surface area contributed by atoms with E-state index in [1.807, 2.05) is 6.92 Å². The van der Waals surface area contributed by atoms with Crippen molar-refractivity contribution in [3.8, 4) is 5.75 Å². The highest BCUT2D eigenvalue weighted by molar-refractivity contribution is 6.47. The Labute approximate surface area is 158 Å². The van der Waals surface area contributed by atoms with E-state index < -0.39 is 31.8 Å². The van der Waals surface area contributed by atoms with Crippen LogP contribution in [0.2, 0.25) is 0 Å². The van der Waals surface area contributed by atoms with Crippen LogP contribution in [0.15, 0.2) is 18.2 Å². The molecule has 8 nitrogen and oxygen atoms in total. The van der Waals surface area contributed by atoms with Crippen LogP contribution in [0.5, 0.6) is 5.75 Å². The van der Waals surface area contributed by atoms with Crippen molar-refractivity contribution < 1.29 is 33.5 Å². The average Bonchev–Trinajstić information content (AvgIpc) is 2.66. The monoisotopic (exact) mass is 377 g/mol. The number of carbonyl (C=O) groups excluding carboxylic acids is 3. The third-order valence-electron chi connectivity index (χ3n) is 4.15. The van der Waals surface area contributed by atoms with E-state index >= 15 is 0 Å². The van der Waals surface area contributed by atoms with E-state index in [1.54, 1.807) is 19.1 Å². The number of esters is 2. The summed E-state index contributed by atoms with van der Waals surface area (Å²) >= 11 is 0. The molecule has 0 spiro atoms. The summed E-state index contributed by atoms with van der Waals surface area (Å²) in [5, 5.41) is 12.8. The predicted octanol–water partition coefficient (Wildman–Crippen LogP) is 1.38. The maximum Gasteiger partial charge on any atom is 0.547 e. The number of benzene rings is 1. The zero-order chi connectivity index (χ0) is 19.8. The molecule has 0 saturated heterocycles. The fourth-order valence-electron chi connectivity index (χ4n) is 2.64. The summed E-state index contributed by atoms with van der Waals surface area (Å²) in [5.41, 5.74) is 0.785. The topological polar surface area (TPSA) is 111 Å². The van der Waals surface area contributed by atoms with E-state index in [0.717, 1.165) is 6.42 Å². The van der Waals surface area contributed by atoms with Crippen LogP contribution in [0.1, 0.15) is 55.5 Å². The Morgan fingerprint density at radius 2 is 2.07 bits per heavy atom. The fraction of sp³-hybridized carbons (Fsp3) is 0.500. The molecule has 0 fully saturated rings. The molecule has 9 heteroatoms. The van der Waals surface area contributed by atoms with Gasteiger partial charge in [-0.05, 0) is 24.5 Å². The van der Waals surface area contributed by atoms with Gasteiger partial charge in [-0.3, -0.25) is 9.59 Å². The molecule has 27 heavy (non-hydrogen) atoms. The molecule has 1 aliphatic heterocycles. The van der Waals surface area contributed by atoms with E-state index in [-0.39, 0.29) is 23.6 Å². The van der Waals surface area contributed by atoms with Crippen molar-refractivity contribution in [3.63, 3.8) is 0 Å². The molecule has 0 radical (unpaired) electrons. The van der Waals surface area contributed by atoms with Crippen LogP contribution in [-0.2, 0) is 25.5 Å². The van der Waals surface area contributed by atoms with Gasteiger partial charge >= 0.3 is 19.1 Å². The number of rotatable bonds is 8. The summed E-state index contributed by atoms with van der Waals surface area (Å²) in [5.74, 6) is -1.75. The van der Waals surface area contributed by atoms with Gasteiger partial charge in [0.25, 0.3) is 0 Å². The second-order valence-electron chi connectivity index (χ2n) is 6.20. The number of para-hydroxylation sites is 1. The molecule has 1 heterocycles. The molecule has 0 aliphatic carbocycles. The second-order valence-corrected chi connectivity index (χ2v) is 6.20. The number of carbonyl (C=O) groups is 3. The molecule has 1 aromatic carbocycles. The Morgan fingerprint density at radius 3 is 2.78 bits per heavy atom. The Balaban J connectivity index is 2.00. The molecular formula is C18H24BNO7. The van der Waals surface area contributed by atoms with Crippen molar-refractivity contribution in [1.82, 2.24) is 5.32 Å². The van der Waals surface area contributed by atoms with Crippen molar-refractivity contribution >= 4 is 25.0 Å². The van der Waals surface area contributed by atoms with Crippen LogP contribution in [0.25, 0.3) is 0 Å². The summed E-state index contributed by atoms with van der Waals surface area (Å²) in [6.45, 7) is 3.18. The van der Waals surface area contributed by atoms with Gasteiger partial charge in [0, 0.05) is 12.8 Å². The minimum atomic E-state index is -1.28. The molecule has 0 saturated carbocycles. The Bertz CT molecular complexity index is 694. The van der Waals surface area contributed by atoms with Gasteiger partial charge in [-0.2, -0.15) is 0 Å². The molecular weight excluding hydrogens is 353 g/mol. The van der Waals surface area contributed by atoms with Crippen LogP contribution < -0.4 is 9.97 Å². The number of nitrogens with one attached hydrogen (secondary N) is 1. The van der Waals surface area contributed by atoms with Crippen molar-refractivity contribution in [3.05, 3.63) is 29.3 Å². The summed E-state index contributed by atoms with van der Waals surface area (Å²) in [7, 11) is -1.28. The number of hydrogen-bond acceptors (Lipinski definition) is 7. The standard InChI is InChI=1S/C18H24BNO7/c1-3-5-9-16(22)25-11-26-18(23)13-8-6-7-12-10-14(20-15(21)4-2)19(24)27-17(12)13/h6-8,14,24H,3-5,9-11H2,1-2H3,(H,20,21)/t14-/m0/s1. The molecule has 0 aromatic heterocycles. The minimum absolute atomic E-state index is 0.122. The lowest BCUT2D eigenvalue weighted by Crippen LogP contribution is -2.53. The van der Waals surface area contributed by atoms with E-state index in [9.17, 15) is 19.4 Å². The van der Waals surface area contributed by atoms with Crippen molar-refractivity contribution in [2.45, 2.75) is 51.9 Å². The number of fused-ring (bicyclic) bond motifs is 1. The molecule has 1 atom stereocenters.